The maximum absolute atomic E-state index is 11.0. The summed E-state index contributed by atoms with van der Waals surface area (Å²) in [5.74, 6) is -0.897. The largest absolute Gasteiger partial charge is 0.477 e. The van der Waals surface area contributed by atoms with E-state index in [9.17, 15) is 4.79 Å². The quantitative estimate of drug-likeness (QED) is 0.577. The molecule has 1 fully saturated rings. The molecule has 1 saturated heterocycles. The van der Waals surface area contributed by atoms with E-state index in [0.717, 1.165) is 16.9 Å². The summed E-state index contributed by atoms with van der Waals surface area (Å²) >= 11 is 6.60. The second-order valence-electron chi connectivity index (χ2n) is 3.10. The summed E-state index contributed by atoms with van der Waals surface area (Å²) in [5, 5.41) is 9.08. The number of carboxylic acids is 1. The molecule has 1 atom stereocenters. The summed E-state index contributed by atoms with van der Waals surface area (Å²) in [4.78, 5) is 14.2. The zero-order valence-corrected chi connectivity index (χ0v) is 9.24. The van der Waals surface area contributed by atoms with Crippen molar-refractivity contribution < 1.29 is 9.90 Å². The van der Waals surface area contributed by atoms with Crippen LogP contribution in [0.3, 0.4) is 0 Å². The van der Waals surface area contributed by atoms with E-state index in [-0.39, 0.29) is 5.37 Å². The van der Waals surface area contributed by atoms with Gasteiger partial charge in [0.15, 0.2) is 0 Å². The Morgan fingerprint density at radius 1 is 1.79 bits per heavy atom. The molecule has 0 radical (unpaired) electrons. The molecule has 0 bridgehead atoms. The van der Waals surface area contributed by atoms with Crippen LogP contribution >= 0.6 is 24.0 Å². The Bertz CT molecular complexity index is 386. The van der Waals surface area contributed by atoms with Crippen molar-refractivity contribution in [3.8, 4) is 0 Å². The molecule has 2 heterocycles. The van der Waals surface area contributed by atoms with Crippen LogP contribution in [0.25, 0.3) is 0 Å². The first-order valence-electron chi connectivity index (χ1n) is 4.23. The first kappa shape index (κ1) is 9.73. The lowest BCUT2D eigenvalue weighted by atomic mass is 10.1. The van der Waals surface area contributed by atoms with Gasteiger partial charge in [-0.15, -0.1) is 0 Å². The minimum Gasteiger partial charge on any atom is -0.477 e. The molecule has 2 aliphatic rings. The molecule has 0 aromatic carbocycles. The van der Waals surface area contributed by atoms with Crippen molar-refractivity contribution in [1.29, 1.82) is 0 Å². The SMILES string of the molecule is C=C1C(=S)N2C(C(=O)O)=C(CC)S[C@@H]12. The number of carboxylic acid groups (broad SMARTS) is 1. The minimum atomic E-state index is -0.897. The van der Waals surface area contributed by atoms with Crippen molar-refractivity contribution in [1.82, 2.24) is 4.90 Å². The standard InChI is InChI=1S/C9H9NO2S2/c1-3-5-6(9(11)12)10-7(13)4(2)8(10)14-5/h8H,2-3H2,1H3,(H,11,12)/t8-/m0/s1. The van der Waals surface area contributed by atoms with E-state index in [2.05, 4.69) is 6.58 Å². The Kier molecular flexibility index (Phi) is 2.16. The van der Waals surface area contributed by atoms with Gasteiger partial charge >= 0.3 is 5.97 Å². The summed E-state index contributed by atoms with van der Waals surface area (Å²) in [6.45, 7) is 5.77. The van der Waals surface area contributed by atoms with Gasteiger partial charge in [0.25, 0.3) is 0 Å². The van der Waals surface area contributed by atoms with Gasteiger partial charge < -0.3 is 10.0 Å². The maximum Gasteiger partial charge on any atom is 0.353 e. The fourth-order valence-corrected chi connectivity index (χ4v) is 3.35. The number of aliphatic carboxylic acids is 1. The second-order valence-corrected chi connectivity index (χ2v) is 4.66. The van der Waals surface area contributed by atoms with Crippen LogP contribution in [0.4, 0.5) is 0 Å². The highest BCUT2D eigenvalue weighted by atomic mass is 32.2. The van der Waals surface area contributed by atoms with Gasteiger partial charge in [0.05, 0.1) is 0 Å². The van der Waals surface area contributed by atoms with E-state index in [0.29, 0.717) is 10.7 Å². The number of rotatable bonds is 2. The number of hydrogen-bond acceptors (Lipinski definition) is 3. The number of carbonyl (C=O) groups is 1. The monoisotopic (exact) mass is 227 g/mol. The molecule has 0 spiro atoms. The van der Waals surface area contributed by atoms with Crippen LogP contribution in [-0.2, 0) is 4.79 Å². The van der Waals surface area contributed by atoms with Gasteiger partial charge in [-0.25, -0.2) is 4.79 Å². The van der Waals surface area contributed by atoms with Crippen LogP contribution in [0.2, 0.25) is 0 Å². The summed E-state index contributed by atoms with van der Waals surface area (Å²) in [6, 6.07) is 0. The van der Waals surface area contributed by atoms with E-state index < -0.39 is 5.97 Å². The van der Waals surface area contributed by atoms with Crippen LogP contribution in [0.1, 0.15) is 13.3 Å². The Morgan fingerprint density at radius 2 is 2.43 bits per heavy atom. The third-order valence-corrected chi connectivity index (χ3v) is 4.25. The number of fused-ring (bicyclic) bond motifs is 1. The molecule has 2 rings (SSSR count). The molecule has 1 N–H and O–H groups in total. The van der Waals surface area contributed by atoms with E-state index in [1.807, 2.05) is 6.92 Å². The van der Waals surface area contributed by atoms with Gasteiger partial charge in [-0.2, -0.15) is 0 Å². The predicted molar refractivity (Wildman–Crippen MR) is 59.9 cm³/mol. The van der Waals surface area contributed by atoms with Gasteiger partial charge in [0.2, 0.25) is 0 Å². The lowest BCUT2D eigenvalue weighted by molar-refractivity contribution is -0.134. The average Bonchev–Trinajstić information content (AvgIpc) is 2.52. The molecule has 0 amide bonds. The van der Waals surface area contributed by atoms with Crippen molar-refractivity contribution in [3.05, 3.63) is 22.8 Å². The molecule has 3 nitrogen and oxygen atoms in total. The summed E-state index contributed by atoms with van der Waals surface area (Å²) in [6.07, 6.45) is 0.731. The topological polar surface area (TPSA) is 40.5 Å². The summed E-state index contributed by atoms with van der Waals surface area (Å²) in [5.41, 5.74) is 1.21. The molecule has 0 aliphatic carbocycles. The van der Waals surface area contributed by atoms with Crippen LogP contribution in [-0.4, -0.2) is 26.3 Å². The molecule has 74 valence electrons. The molecular weight excluding hydrogens is 218 g/mol. The van der Waals surface area contributed by atoms with Gasteiger partial charge in [-0.05, 0) is 6.42 Å². The smallest absolute Gasteiger partial charge is 0.353 e. The lowest BCUT2D eigenvalue weighted by Gasteiger charge is -2.39. The predicted octanol–water partition coefficient (Wildman–Crippen LogP) is 1.96. The third kappa shape index (κ3) is 1.05. The summed E-state index contributed by atoms with van der Waals surface area (Å²) in [7, 11) is 0. The number of thiocarbonyl (C=S) groups is 1. The van der Waals surface area contributed by atoms with Crippen LogP contribution < -0.4 is 0 Å². The highest BCUT2D eigenvalue weighted by Gasteiger charge is 2.48. The molecular formula is C9H9NO2S2. The zero-order chi connectivity index (χ0) is 10.5. The highest BCUT2D eigenvalue weighted by molar-refractivity contribution is 8.04. The fourth-order valence-electron chi connectivity index (χ4n) is 1.60. The van der Waals surface area contributed by atoms with Crippen molar-refractivity contribution >= 4 is 34.9 Å². The van der Waals surface area contributed by atoms with Crippen molar-refractivity contribution in [2.24, 2.45) is 0 Å². The van der Waals surface area contributed by atoms with E-state index in [1.54, 1.807) is 16.7 Å². The molecule has 0 unspecified atom stereocenters. The Balaban J connectivity index is 2.39. The molecule has 0 saturated carbocycles. The number of hydrogen-bond donors (Lipinski definition) is 1. The third-order valence-electron chi connectivity index (χ3n) is 2.31. The van der Waals surface area contributed by atoms with E-state index in [1.165, 1.54) is 0 Å². The van der Waals surface area contributed by atoms with E-state index in [4.69, 9.17) is 17.3 Å². The number of allylic oxidation sites excluding steroid dienone is 1. The van der Waals surface area contributed by atoms with Crippen molar-refractivity contribution in [2.75, 3.05) is 0 Å². The van der Waals surface area contributed by atoms with E-state index >= 15 is 0 Å². The zero-order valence-electron chi connectivity index (χ0n) is 7.61. The Labute approximate surface area is 91.5 Å². The fraction of sp³-hybridized carbons (Fsp3) is 0.333. The van der Waals surface area contributed by atoms with Crippen molar-refractivity contribution in [3.63, 3.8) is 0 Å². The van der Waals surface area contributed by atoms with Gasteiger partial charge in [0, 0.05) is 10.5 Å². The average molecular weight is 227 g/mol. The molecule has 0 aromatic rings. The van der Waals surface area contributed by atoms with Gasteiger partial charge in [-0.1, -0.05) is 37.5 Å². The normalized spacial score (nSPS) is 25.2. The van der Waals surface area contributed by atoms with Crippen LogP contribution in [0.5, 0.6) is 0 Å². The molecule has 5 heteroatoms. The van der Waals surface area contributed by atoms with Gasteiger partial charge in [0.1, 0.15) is 16.1 Å². The molecule has 2 aliphatic heterocycles. The van der Waals surface area contributed by atoms with Gasteiger partial charge in [-0.3, -0.25) is 0 Å². The number of nitrogens with zero attached hydrogens (tertiary/aromatic N) is 1. The first-order valence-corrected chi connectivity index (χ1v) is 5.52. The number of thioether (sulfide) groups is 1. The summed E-state index contributed by atoms with van der Waals surface area (Å²) < 4.78 is 0. The highest BCUT2D eigenvalue weighted by Crippen LogP contribution is 2.49. The first-order chi connectivity index (χ1) is 6.57. The Hall–Kier alpha value is -0.810. The van der Waals surface area contributed by atoms with Crippen LogP contribution in [0, 0.1) is 0 Å². The Morgan fingerprint density at radius 3 is 2.93 bits per heavy atom. The van der Waals surface area contributed by atoms with Crippen molar-refractivity contribution in [2.45, 2.75) is 18.7 Å². The molecule has 14 heavy (non-hydrogen) atoms. The molecule has 0 aromatic heterocycles. The van der Waals surface area contributed by atoms with Crippen LogP contribution in [0.15, 0.2) is 22.8 Å². The minimum absolute atomic E-state index is 0.0450. The second kappa shape index (κ2) is 3.10. The lowest BCUT2D eigenvalue weighted by Crippen LogP contribution is -2.49. The maximum atomic E-state index is 11.0.